The number of ether oxygens (including phenoxy) is 3. The van der Waals surface area contributed by atoms with E-state index >= 15 is 0 Å². The Bertz CT molecular complexity index is 870. The van der Waals surface area contributed by atoms with Gasteiger partial charge in [-0.05, 0) is 30.5 Å². The Kier molecular flexibility index (Phi) is 7.28. The van der Waals surface area contributed by atoms with Gasteiger partial charge in [0.2, 0.25) is 11.8 Å². The van der Waals surface area contributed by atoms with Gasteiger partial charge in [0.1, 0.15) is 0 Å². The van der Waals surface area contributed by atoms with Crippen LogP contribution in [-0.2, 0) is 30.5 Å². The number of imide groups is 1. The first-order valence-electron chi connectivity index (χ1n) is 10.1. The molecule has 1 aromatic rings. The highest BCUT2D eigenvalue weighted by Gasteiger charge is 2.46. The summed E-state index contributed by atoms with van der Waals surface area (Å²) in [5, 5.41) is 2.65. The minimum Gasteiger partial charge on any atom is -0.493 e. The summed E-state index contributed by atoms with van der Waals surface area (Å²) >= 11 is 0. The number of fused-ring (bicyclic) bond motifs is 1. The number of carbonyl (C=O) groups is 4. The highest BCUT2D eigenvalue weighted by Crippen LogP contribution is 2.35. The van der Waals surface area contributed by atoms with Crippen LogP contribution in [0, 0.1) is 11.8 Å². The summed E-state index contributed by atoms with van der Waals surface area (Å²) in [5.74, 6) is -1.10. The monoisotopic (exact) mass is 430 g/mol. The summed E-state index contributed by atoms with van der Waals surface area (Å²) < 4.78 is 15.3. The van der Waals surface area contributed by atoms with E-state index in [1.807, 2.05) is 12.2 Å². The quantitative estimate of drug-likeness (QED) is 0.356. The molecule has 0 unspecified atom stereocenters. The van der Waals surface area contributed by atoms with Crippen LogP contribution in [0.3, 0.4) is 0 Å². The molecule has 1 aromatic carbocycles. The molecule has 0 aromatic heterocycles. The minimum absolute atomic E-state index is 0.0310. The second-order valence-electron chi connectivity index (χ2n) is 7.36. The molecule has 0 bridgehead atoms. The van der Waals surface area contributed by atoms with Crippen LogP contribution in [0.2, 0.25) is 0 Å². The Morgan fingerprint density at radius 3 is 2.29 bits per heavy atom. The first kappa shape index (κ1) is 22.3. The molecule has 2 aliphatic rings. The van der Waals surface area contributed by atoms with Crippen LogP contribution in [0.4, 0.5) is 0 Å². The standard InChI is InChI=1S/C22H26N2O7/c1-29-17-8-7-14(11-18(17)30-2)12-23-19(25)13-31-20(26)9-10-24-21(27)15-5-3-4-6-16(15)22(24)28/h3-4,7-8,11,15-16H,5-6,9-10,12-13H2,1-2H3,(H,23,25)/t15-,16-/m1/s1. The molecular weight excluding hydrogens is 404 g/mol. The van der Waals surface area contributed by atoms with Crippen molar-refractivity contribution in [2.45, 2.75) is 25.8 Å². The number of likely N-dealkylation sites (tertiary alicyclic amines) is 1. The number of esters is 1. The van der Waals surface area contributed by atoms with Crippen molar-refractivity contribution >= 4 is 23.7 Å². The van der Waals surface area contributed by atoms with E-state index in [9.17, 15) is 19.2 Å². The van der Waals surface area contributed by atoms with Gasteiger partial charge in [-0.3, -0.25) is 24.1 Å². The molecule has 3 amide bonds. The van der Waals surface area contributed by atoms with Crippen molar-refractivity contribution < 1.29 is 33.4 Å². The summed E-state index contributed by atoms with van der Waals surface area (Å²) in [6.07, 6.45) is 4.77. The molecule has 2 atom stereocenters. The molecule has 0 radical (unpaired) electrons. The number of hydrogen-bond donors (Lipinski definition) is 1. The van der Waals surface area contributed by atoms with Crippen LogP contribution in [0.5, 0.6) is 11.5 Å². The van der Waals surface area contributed by atoms with Crippen LogP contribution in [0.15, 0.2) is 30.4 Å². The molecule has 9 nitrogen and oxygen atoms in total. The fourth-order valence-corrected chi connectivity index (χ4v) is 3.75. The van der Waals surface area contributed by atoms with E-state index in [0.29, 0.717) is 24.3 Å². The number of amides is 3. The Balaban J connectivity index is 1.39. The fraction of sp³-hybridized carbons (Fsp3) is 0.455. The summed E-state index contributed by atoms with van der Waals surface area (Å²) in [5.41, 5.74) is 0.791. The molecule has 1 N–H and O–H groups in total. The van der Waals surface area contributed by atoms with E-state index in [0.717, 1.165) is 10.5 Å². The van der Waals surface area contributed by atoms with Crippen LogP contribution in [0.1, 0.15) is 24.8 Å². The molecule has 0 saturated carbocycles. The topological polar surface area (TPSA) is 111 Å². The van der Waals surface area contributed by atoms with Gasteiger partial charge in [0.25, 0.3) is 5.91 Å². The number of benzene rings is 1. The maximum atomic E-state index is 12.4. The summed E-state index contributed by atoms with van der Waals surface area (Å²) in [6.45, 7) is -0.246. The third-order valence-corrected chi connectivity index (χ3v) is 5.44. The van der Waals surface area contributed by atoms with Crippen molar-refractivity contribution in [1.29, 1.82) is 0 Å². The lowest BCUT2D eigenvalue weighted by molar-refractivity contribution is -0.150. The number of allylic oxidation sites excluding steroid dienone is 2. The number of carbonyl (C=O) groups excluding carboxylic acids is 4. The van der Waals surface area contributed by atoms with Crippen LogP contribution >= 0.6 is 0 Å². The summed E-state index contributed by atoms with van der Waals surface area (Å²) in [7, 11) is 3.06. The van der Waals surface area contributed by atoms with Crippen molar-refractivity contribution in [2.75, 3.05) is 27.4 Å². The molecule has 166 valence electrons. The van der Waals surface area contributed by atoms with E-state index in [1.54, 1.807) is 18.2 Å². The van der Waals surface area contributed by atoms with Gasteiger partial charge in [-0.25, -0.2) is 0 Å². The first-order valence-corrected chi connectivity index (χ1v) is 10.1. The third-order valence-electron chi connectivity index (χ3n) is 5.44. The Morgan fingerprint density at radius 2 is 1.68 bits per heavy atom. The lowest BCUT2D eigenvalue weighted by atomic mass is 9.85. The highest BCUT2D eigenvalue weighted by molar-refractivity contribution is 6.05. The molecule has 1 heterocycles. The Labute approximate surface area is 180 Å². The normalized spacial score (nSPS) is 19.7. The van der Waals surface area contributed by atoms with Gasteiger partial charge in [-0.2, -0.15) is 0 Å². The Hall–Kier alpha value is -3.36. The maximum Gasteiger partial charge on any atom is 0.308 e. The predicted octanol–water partition coefficient (Wildman–Crippen LogP) is 1.20. The van der Waals surface area contributed by atoms with E-state index in [1.165, 1.54) is 14.2 Å². The van der Waals surface area contributed by atoms with E-state index in [4.69, 9.17) is 14.2 Å². The van der Waals surface area contributed by atoms with Gasteiger partial charge in [0.05, 0.1) is 32.5 Å². The molecule has 1 saturated heterocycles. The van der Waals surface area contributed by atoms with Gasteiger partial charge >= 0.3 is 5.97 Å². The number of hydrogen-bond acceptors (Lipinski definition) is 7. The molecule has 9 heteroatoms. The van der Waals surface area contributed by atoms with Gasteiger partial charge < -0.3 is 19.5 Å². The van der Waals surface area contributed by atoms with Gasteiger partial charge in [-0.1, -0.05) is 18.2 Å². The maximum absolute atomic E-state index is 12.4. The van der Waals surface area contributed by atoms with Crippen LogP contribution in [0.25, 0.3) is 0 Å². The van der Waals surface area contributed by atoms with E-state index in [-0.39, 0.29) is 43.2 Å². The SMILES string of the molecule is COc1ccc(CNC(=O)COC(=O)CCN2C(=O)[C@@H]3CC=CC[C@H]3C2=O)cc1OC. The zero-order valence-corrected chi connectivity index (χ0v) is 17.6. The van der Waals surface area contributed by atoms with Gasteiger partial charge in [0.15, 0.2) is 18.1 Å². The number of nitrogens with one attached hydrogen (secondary N) is 1. The van der Waals surface area contributed by atoms with E-state index < -0.39 is 18.5 Å². The van der Waals surface area contributed by atoms with Crippen LogP contribution in [-0.4, -0.2) is 56.0 Å². The molecule has 0 spiro atoms. The molecule has 3 rings (SSSR count). The zero-order valence-electron chi connectivity index (χ0n) is 17.6. The largest absolute Gasteiger partial charge is 0.493 e. The molecular formula is C22H26N2O7. The molecule has 1 aliphatic carbocycles. The fourth-order valence-electron chi connectivity index (χ4n) is 3.75. The second-order valence-corrected chi connectivity index (χ2v) is 7.36. The lowest BCUT2D eigenvalue weighted by Crippen LogP contribution is -2.34. The second kappa shape index (κ2) is 10.1. The lowest BCUT2D eigenvalue weighted by Gasteiger charge is -2.14. The van der Waals surface area contributed by atoms with Crippen molar-refractivity contribution in [3.05, 3.63) is 35.9 Å². The number of nitrogens with zero attached hydrogens (tertiary/aromatic N) is 1. The van der Waals surface area contributed by atoms with Crippen molar-refractivity contribution in [3.63, 3.8) is 0 Å². The van der Waals surface area contributed by atoms with Gasteiger partial charge in [0, 0.05) is 13.1 Å². The van der Waals surface area contributed by atoms with Gasteiger partial charge in [-0.15, -0.1) is 0 Å². The average Bonchev–Trinajstić information content (AvgIpc) is 3.04. The molecule has 1 aliphatic heterocycles. The number of methoxy groups -OCH3 is 2. The van der Waals surface area contributed by atoms with Crippen molar-refractivity contribution in [1.82, 2.24) is 10.2 Å². The third kappa shape index (κ3) is 5.22. The summed E-state index contributed by atoms with van der Waals surface area (Å²) in [4.78, 5) is 49.8. The highest BCUT2D eigenvalue weighted by atomic mass is 16.5. The Morgan fingerprint density at radius 1 is 1.03 bits per heavy atom. The molecule has 1 fully saturated rings. The first-order chi connectivity index (χ1) is 14.9. The predicted molar refractivity (Wildman–Crippen MR) is 109 cm³/mol. The molecule has 31 heavy (non-hydrogen) atoms. The number of rotatable bonds is 9. The summed E-state index contributed by atoms with van der Waals surface area (Å²) in [6, 6.07) is 5.25. The van der Waals surface area contributed by atoms with Crippen molar-refractivity contribution in [3.8, 4) is 11.5 Å². The zero-order chi connectivity index (χ0) is 22.4. The minimum atomic E-state index is -0.644. The smallest absolute Gasteiger partial charge is 0.308 e. The van der Waals surface area contributed by atoms with Crippen LogP contribution < -0.4 is 14.8 Å². The van der Waals surface area contributed by atoms with Crippen molar-refractivity contribution in [2.24, 2.45) is 11.8 Å². The van der Waals surface area contributed by atoms with E-state index in [2.05, 4.69) is 5.32 Å². The average molecular weight is 430 g/mol.